The average Bonchev–Trinajstić information content (AvgIpc) is 2.43. The molecule has 0 aliphatic carbocycles. The number of nitrogens with zero attached hydrogens (tertiary/aromatic N) is 1. The number of nitrogens with two attached hydrogens (primary N) is 1. The number of benzene rings is 1. The fourth-order valence-corrected chi connectivity index (χ4v) is 2.10. The lowest BCUT2D eigenvalue weighted by Gasteiger charge is -2.16. The Morgan fingerprint density at radius 3 is 2.60 bits per heavy atom. The Morgan fingerprint density at radius 1 is 1.25 bits per heavy atom. The average molecular weight is 336 g/mol. The molecular formula is C15H18BrN3O. The number of aromatic nitrogens is 1. The van der Waals surface area contributed by atoms with Crippen molar-refractivity contribution in [2.24, 2.45) is 0 Å². The smallest absolute Gasteiger partial charge is 0.239 e. The predicted octanol–water partition coefficient (Wildman–Crippen LogP) is 4.00. The number of halogens is 1. The lowest BCUT2D eigenvalue weighted by atomic mass is 10.1. The molecule has 106 valence electrons. The minimum Gasteiger partial charge on any atom is -0.476 e. The Morgan fingerprint density at radius 2 is 1.95 bits per heavy atom. The van der Waals surface area contributed by atoms with Gasteiger partial charge in [0.1, 0.15) is 5.82 Å². The highest BCUT2D eigenvalue weighted by Crippen LogP contribution is 2.24. The van der Waals surface area contributed by atoms with Crippen LogP contribution in [0.3, 0.4) is 0 Å². The van der Waals surface area contributed by atoms with Crippen LogP contribution in [0.1, 0.15) is 25.5 Å². The lowest BCUT2D eigenvalue weighted by Crippen LogP contribution is -2.09. The maximum atomic E-state index is 5.81. The fraction of sp³-hybridized carbons (Fsp3) is 0.267. The summed E-state index contributed by atoms with van der Waals surface area (Å²) >= 11 is 3.43. The molecule has 0 saturated heterocycles. The summed E-state index contributed by atoms with van der Waals surface area (Å²) in [6, 6.07) is 12.0. The number of nitrogen functional groups attached to an aromatic ring is 1. The molecule has 0 bridgehead atoms. The quantitative estimate of drug-likeness (QED) is 0.866. The van der Waals surface area contributed by atoms with Gasteiger partial charge in [0.05, 0.1) is 12.3 Å². The van der Waals surface area contributed by atoms with Crippen molar-refractivity contribution in [3.63, 3.8) is 0 Å². The van der Waals surface area contributed by atoms with Crippen molar-refractivity contribution in [2.75, 3.05) is 17.7 Å². The summed E-state index contributed by atoms with van der Waals surface area (Å²) in [5.41, 5.74) is 7.55. The Kier molecular flexibility index (Phi) is 4.84. The maximum absolute atomic E-state index is 5.81. The van der Waals surface area contributed by atoms with Crippen LogP contribution in [0.5, 0.6) is 5.88 Å². The summed E-state index contributed by atoms with van der Waals surface area (Å²) in [5.74, 6) is 1.22. The van der Waals surface area contributed by atoms with Crippen LogP contribution in [0.4, 0.5) is 11.5 Å². The van der Waals surface area contributed by atoms with E-state index in [-0.39, 0.29) is 6.04 Å². The number of hydrogen-bond acceptors (Lipinski definition) is 4. The third-order valence-electron chi connectivity index (χ3n) is 2.91. The van der Waals surface area contributed by atoms with Crippen molar-refractivity contribution in [3.05, 3.63) is 46.4 Å². The van der Waals surface area contributed by atoms with Gasteiger partial charge in [-0.3, -0.25) is 0 Å². The summed E-state index contributed by atoms with van der Waals surface area (Å²) in [5, 5.41) is 3.34. The van der Waals surface area contributed by atoms with E-state index in [0.717, 1.165) is 10.3 Å². The van der Waals surface area contributed by atoms with Crippen molar-refractivity contribution in [3.8, 4) is 5.88 Å². The standard InChI is InChI=1S/C15H18BrN3O/c1-3-20-15-13(17)8-9-14(19-15)18-10(2)11-4-6-12(16)7-5-11/h4-10H,3,17H2,1-2H3,(H,18,19). The Bertz CT molecular complexity index is 572. The highest BCUT2D eigenvalue weighted by atomic mass is 79.9. The molecule has 3 N–H and O–H groups in total. The minimum absolute atomic E-state index is 0.147. The predicted molar refractivity (Wildman–Crippen MR) is 86.0 cm³/mol. The second kappa shape index (κ2) is 6.61. The summed E-state index contributed by atoms with van der Waals surface area (Å²) in [4.78, 5) is 4.38. The van der Waals surface area contributed by atoms with Crippen molar-refractivity contribution >= 4 is 27.4 Å². The lowest BCUT2D eigenvalue weighted by molar-refractivity contribution is 0.329. The number of pyridine rings is 1. The maximum Gasteiger partial charge on any atom is 0.239 e. The Hall–Kier alpha value is -1.75. The topological polar surface area (TPSA) is 60.2 Å². The van der Waals surface area contributed by atoms with Crippen LogP contribution in [-0.4, -0.2) is 11.6 Å². The zero-order chi connectivity index (χ0) is 14.5. The van der Waals surface area contributed by atoms with Gasteiger partial charge in [0.2, 0.25) is 5.88 Å². The largest absolute Gasteiger partial charge is 0.476 e. The van der Waals surface area contributed by atoms with Crippen LogP contribution in [-0.2, 0) is 0 Å². The van der Waals surface area contributed by atoms with E-state index in [4.69, 9.17) is 10.5 Å². The van der Waals surface area contributed by atoms with Gasteiger partial charge in [-0.25, -0.2) is 0 Å². The summed E-state index contributed by atoms with van der Waals surface area (Å²) in [6.45, 7) is 4.54. The van der Waals surface area contributed by atoms with E-state index >= 15 is 0 Å². The van der Waals surface area contributed by atoms with Crippen LogP contribution < -0.4 is 15.8 Å². The molecule has 0 saturated carbocycles. The highest BCUT2D eigenvalue weighted by molar-refractivity contribution is 9.10. The van der Waals surface area contributed by atoms with Crippen LogP contribution in [0.15, 0.2) is 40.9 Å². The van der Waals surface area contributed by atoms with Gasteiger partial charge < -0.3 is 15.8 Å². The van der Waals surface area contributed by atoms with E-state index in [1.165, 1.54) is 5.56 Å². The van der Waals surface area contributed by atoms with Crippen molar-refractivity contribution < 1.29 is 4.74 Å². The first-order chi connectivity index (χ1) is 9.60. The number of hydrogen-bond donors (Lipinski definition) is 2. The van der Waals surface area contributed by atoms with E-state index in [1.807, 2.05) is 25.1 Å². The molecule has 2 rings (SSSR count). The van der Waals surface area contributed by atoms with Crippen LogP contribution in [0, 0.1) is 0 Å². The van der Waals surface area contributed by atoms with Crippen molar-refractivity contribution in [1.29, 1.82) is 0 Å². The van der Waals surface area contributed by atoms with Gasteiger partial charge in [-0.2, -0.15) is 4.98 Å². The molecule has 0 aliphatic heterocycles. The molecule has 1 unspecified atom stereocenters. The second-order valence-corrected chi connectivity index (χ2v) is 5.36. The zero-order valence-electron chi connectivity index (χ0n) is 11.6. The molecule has 0 aliphatic rings. The monoisotopic (exact) mass is 335 g/mol. The van der Waals surface area contributed by atoms with Crippen molar-refractivity contribution in [2.45, 2.75) is 19.9 Å². The molecule has 0 spiro atoms. The van der Waals surface area contributed by atoms with Crippen LogP contribution in [0.2, 0.25) is 0 Å². The van der Waals surface area contributed by atoms with Gasteiger partial charge >= 0.3 is 0 Å². The first kappa shape index (κ1) is 14.7. The summed E-state index contributed by atoms with van der Waals surface area (Å²) in [6.07, 6.45) is 0. The van der Waals surface area contributed by atoms with E-state index in [1.54, 1.807) is 6.07 Å². The fourth-order valence-electron chi connectivity index (χ4n) is 1.84. The van der Waals surface area contributed by atoms with Gasteiger partial charge in [0, 0.05) is 10.5 Å². The molecule has 5 heteroatoms. The van der Waals surface area contributed by atoms with E-state index in [2.05, 4.69) is 45.3 Å². The first-order valence-corrected chi connectivity index (χ1v) is 7.30. The molecule has 1 atom stereocenters. The zero-order valence-corrected chi connectivity index (χ0v) is 13.1. The summed E-state index contributed by atoms with van der Waals surface area (Å²) < 4.78 is 6.47. The molecule has 1 aromatic heterocycles. The molecule has 0 radical (unpaired) electrons. The van der Waals surface area contributed by atoms with Gasteiger partial charge in [0.25, 0.3) is 0 Å². The molecular weight excluding hydrogens is 318 g/mol. The molecule has 4 nitrogen and oxygen atoms in total. The third kappa shape index (κ3) is 3.63. The van der Waals surface area contributed by atoms with E-state index in [0.29, 0.717) is 18.2 Å². The SMILES string of the molecule is CCOc1nc(NC(C)c2ccc(Br)cc2)ccc1N. The van der Waals surface area contributed by atoms with Gasteiger partial charge in [0.15, 0.2) is 0 Å². The molecule has 0 fully saturated rings. The second-order valence-electron chi connectivity index (χ2n) is 4.44. The van der Waals surface area contributed by atoms with Gasteiger partial charge in [-0.1, -0.05) is 28.1 Å². The normalized spacial score (nSPS) is 11.9. The third-order valence-corrected chi connectivity index (χ3v) is 3.43. The Labute approximate surface area is 127 Å². The molecule has 1 heterocycles. The summed E-state index contributed by atoms with van der Waals surface area (Å²) in [7, 11) is 0. The minimum atomic E-state index is 0.147. The highest BCUT2D eigenvalue weighted by Gasteiger charge is 2.08. The molecule has 0 amide bonds. The number of rotatable bonds is 5. The van der Waals surface area contributed by atoms with E-state index in [9.17, 15) is 0 Å². The van der Waals surface area contributed by atoms with Crippen molar-refractivity contribution in [1.82, 2.24) is 4.98 Å². The number of anilines is 2. The molecule has 20 heavy (non-hydrogen) atoms. The van der Waals surface area contributed by atoms with Crippen LogP contribution >= 0.6 is 15.9 Å². The van der Waals surface area contributed by atoms with Gasteiger partial charge in [-0.15, -0.1) is 0 Å². The molecule has 1 aromatic carbocycles. The van der Waals surface area contributed by atoms with Crippen LogP contribution in [0.25, 0.3) is 0 Å². The molecule has 2 aromatic rings. The Balaban J connectivity index is 2.13. The van der Waals surface area contributed by atoms with E-state index < -0.39 is 0 Å². The number of nitrogens with one attached hydrogen (secondary N) is 1. The van der Waals surface area contributed by atoms with Gasteiger partial charge in [-0.05, 0) is 43.7 Å². The number of ether oxygens (including phenoxy) is 1. The first-order valence-electron chi connectivity index (χ1n) is 6.51.